The second-order valence-electron chi connectivity index (χ2n) is 10.1. The lowest BCUT2D eigenvalue weighted by molar-refractivity contribution is -0.136. The maximum atomic E-state index is 13.2. The van der Waals surface area contributed by atoms with E-state index in [9.17, 15) is 18.0 Å². The molecule has 1 aromatic rings. The molecule has 3 heterocycles. The van der Waals surface area contributed by atoms with Crippen LogP contribution in [-0.2, 0) is 19.6 Å². The summed E-state index contributed by atoms with van der Waals surface area (Å²) in [5, 5.41) is 2.64. The highest BCUT2D eigenvalue weighted by molar-refractivity contribution is 7.89. The number of piperidine rings is 3. The maximum absolute atomic E-state index is 13.2. The molecule has 2 atom stereocenters. The third-order valence-corrected chi connectivity index (χ3v) is 9.64. The van der Waals surface area contributed by atoms with E-state index < -0.39 is 10.0 Å². The molecule has 3 saturated heterocycles. The van der Waals surface area contributed by atoms with Crippen molar-refractivity contribution in [3.63, 3.8) is 0 Å². The highest BCUT2D eigenvalue weighted by Gasteiger charge is 2.36. The standard InChI is InChI=1S/C25H38N4O4S/c1-19(30)26-22-8-10-23(11-9-22)34(32,33)29-16-12-20(13-17-29)25(31)27(2)18-21-6-5-15-28-14-4-3-7-24(21)28/h8-11,20-21,24H,3-7,12-18H2,1-2H3,(H,26,30)/t21-,24?/m0/s1. The van der Waals surface area contributed by atoms with Crippen LogP contribution in [0, 0.1) is 11.8 Å². The fourth-order valence-electron chi connectivity index (χ4n) is 5.95. The third kappa shape index (κ3) is 5.63. The molecule has 3 fully saturated rings. The maximum Gasteiger partial charge on any atom is 0.243 e. The molecule has 0 spiro atoms. The van der Waals surface area contributed by atoms with E-state index in [4.69, 9.17) is 0 Å². The lowest BCUT2D eigenvalue weighted by Gasteiger charge is -2.45. The number of sulfonamides is 1. The van der Waals surface area contributed by atoms with Crippen LogP contribution in [-0.4, -0.2) is 80.2 Å². The Morgan fingerprint density at radius 2 is 1.65 bits per heavy atom. The minimum absolute atomic E-state index is 0.121. The Labute approximate surface area is 203 Å². The van der Waals surface area contributed by atoms with Crippen molar-refractivity contribution in [3.05, 3.63) is 24.3 Å². The Hall–Kier alpha value is -1.97. The number of rotatable bonds is 6. The van der Waals surface area contributed by atoms with E-state index in [0.717, 1.165) is 6.54 Å². The molecule has 8 nitrogen and oxygen atoms in total. The van der Waals surface area contributed by atoms with E-state index in [2.05, 4.69) is 10.2 Å². The normalized spacial score (nSPS) is 24.9. The summed E-state index contributed by atoms with van der Waals surface area (Å²) in [5.41, 5.74) is 0.563. The summed E-state index contributed by atoms with van der Waals surface area (Å²) < 4.78 is 27.6. The summed E-state index contributed by atoms with van der Waals surface area (Å²) in [4.78, 5) is 29.1. The number of fused-ring (bicyclic) bond motifs is 1. The number of amides is 2. The van der Waals surface area contributed by atoms with Gasteiger partial charge in [0.05, 0.1) is 4.90 Å². The van der Waals surface area contributed by atoms with Crippen molar-refractivity contribution in [2.24, 2.45) is 11.8 Å². The minimum Gasteiger partial charge on any atom is -0.345 e. The smallest absolute Gasteiger partial charge is 0.243 e. The zero-order chi connectivity index (χ0) is 24.3. The first kappa shape index (κ1) is 25.1. The van der Waals surface area contributed by atoms with Crippen LogP contribution in [0.3, 0.4) is 0 Å². The van der Waals surface area contributed by atoms with Gasteiger partial charge >= 0.3 is 0 Å². The second-order valence-corrected chi connectivity index (χ2v) is 12.0. The predicted molar refractivity (Wildman–Crippen MR) is 132 cm³/mol. The average Bonchev–Trinajstić information content (AvgIpc) is 2.84. The Kier molecular flexibility index (Phi) is 7.94. The van der Waals surface area contributed by atoms with Gasteiger partial charge in [0.15, 0.2) is 0 Å². The number of nitrogens with one attached hydrogen (secondary N) is 1. The van der Waals surface area contributed by atoms with Gasteiger partial charge in [-0.25, -0.2) is 8.42 Å². The lowest BCUT2D eigenvalue weighted by Crippen LogP contribution is -2.52. The van der Waals surface area contributed by atoms with Crippen LogP contribution in [0.15, 0.2) is 29.2 Å². The van der Waals surface area contributed by atoms with E-state index in [1.54, 1.807) is 12.1 Å². The average molecular weight is 491 g/mol. The van der Waals surface area contributed by atoms with Gasteiger partial charge in [-0.3, -0.25) is 9.59 Å². The number of anilines is 1. The predicted octanol–water partition coefficient (Wildman–Crippen LogP) is 2.77. The first-order chi connectivity index (χ1) is 16.3. The first-order valence-corrected chi connectivity index (χ1v) is 14.1. The van der Waals surface area contributed by atoms with Gasteiger partial charge < -0.3 is 15.1 Å². The monoisotopic (exact) mass is 490 g/mol. The highest BCUT2D eigenvalue weighted by atomic mass is 32.2. The number of hydrogen-bond acceptors (Lipinski definition) is 5. The van der Waals surface area contributed by atoms with Crippen LogP contribution >= 0.6 is 0 Å². The van der Waals surface area contributed by atoms with E-state index in [1.165, 1.54) is 68.6 Å². The van der Waals surface area contributed by atoms with E-state index in [0.29, 0.717) is 43.6 Å². The number of benzene rings is 1. The number of carbonyl (C=O) groups is 2. The van der Waals surface area contributed by atoms with Crippen LogP contribution in [0.4, 0.5) is 5.69 Å². The van der Waals surface area contributed by atoms with Gasteiger partial charge in [-0.2, -0.15) is 4.31 Å². The van der Waals surface area contributed by atoms with Crippen LogP contribution in [0.25, 0.3) is 0 Å². The van der Waals surface area contributed by atoms with Crippen LogP contribution in [0.2, 0.25) is 0 Å². The van der Waals surface area contributed by atoms with Crippen molar-refractivity contribution in [3.8, 4) is 0 Å². The highest BCUT2D eigenvalue weighted by Crippen LogP contribution is 2.32. The lowest BCUT2D eigenvalue weighted by atomic mass is 9.83. The number of carbonyl (C=O) groups excluding carboxylic acids is 2. The molecule has 0 saturated carbocycles. The van der Waals surface area contributed by atoms with Crippen molar-refractivity contribution in [1.82, 2.24) is 14.1 Å². The molecule has 9 heteroatoms. The van der Waals surface area contributed by atoms with Crippen molar-refractivity contribution < 1.29 is 18.0 Å². The molecular formula is C25H38N4O4S. The van der Waals surface area contributed by atoms with Crippen LogP contribution < -0.4 is 5.32 Å². The quantitative estimate of drug-likeness (QED) is 0.662. The topological polar surface area (TPSA) is 90.0 Å². The van der Waals surface area contributed by atoms with Crippen LogP contribution in [0.5, 0.6) is 0 Å². The molecule has 0 bridgehead atoms. The van der Waals surface area contributed by atoms with Crippen molar-refractivity contribution in [1.29, 1.82) is 0 Å². The van der Waals surface area contributed by atoms with Gasteiger partial charge in [0.2, 0.25) is 21.8 Å². The van der Waals surface area contributed by atoms with Gasteiger partial charge in [-0.05, 0) is 81.8 Å². The van der Waals surface area contributed by atoms with Gasteiger partial charge in [-0.1, -0.05) is 6.42 Å². The largest absolute Gasteiger partial charge is 0.345 e. The summed E-state index contributed by atoms with van der Waals surface area (Å²) in [6.07, 6.45) is 7.33. The molecule has 1 N–H and O–H groups in total. The zero-order valence-electron chi connectivity index (χ0n) is 20.4. The van der Waals surface area contributed by atoms with E-state index in [1.807, 2.05) is 11.9 Å². The molecule has 3 aliphatic heterocycles. The fraction of sp³-hybridized carbons (Fsp3) is 0.680. The molecule has 0 radical (unpaired) electrons. The molecular weight excluding hydrogens is 452 g/mol. The van der Waals surface area contributed by atoms with E-state index in [-0.39, 0.29) is 22.6 Å². The van der Waals surface area contributed by atoms with Crippen LogP contribution in [0.1, 0.15) is 51.9 Å². The van der Waals surface area contributed by atoms with Gasteiger partial charge in [-0.15, -0.1) is 0 Å². The Balaban J connectivity index is 1.31. The van der Waals surface area contributed by atoms with Crippen molar-refractivity contribution >= 4 is 27.5 Å². The van der Waals surface area contributed by atoms with Crippen molar-refractivity contribution in [2.75, 3.05) is 45.1 Å². The summed E-state index contributed by atoms with van der Waals surface area (Å²) in [6.45, 7) is 5.30. The Bertz CT molecular complexity index is 971. The summed E-state index contributed by atoms with van der Waals surface area (Å²) in [5.74, 6) is 0.380. The third-order valence-electron chi connectivity index (χ3n) is 7.73. The summed E-state index contributed by atoms with van der Waals surface area (Å²) >= 11 is 0. The molecule has 4 rings (SSSR count). The first-order valence-electron chi connectivity index (χ1n) is 12.6. The number of nitrogens with zero attached hydrogens (tertiary/aromatic N) is 3. The number of hydrogen-bond donors (Lipinski definition) is 1. The molecule has 0 aliphatic carbocycles. The minimum atomic E-state index is -3.62. The SMILES string of the molecule is CC(=O)Nc1ccc(S(=O)(=O)N2CCC(C(=O)N(C)C[C@@H]3CCCN4CCCCC34)CC2)cc1. The fourth-order valence-corrected chi connectivity index (χ4v) is 7.42. The molecule has 2 amide bonds. The Morgan fingerprint density at radius 1 is 0.971 bits per heavy atom. The molecule has 1 aromatic carbocycles. The second kappa shape index (κ2) is 10.7. The zero-order valence-corrected chi connectivity index (χ0v) is 21.2. The van der Waals surface area contributed by atoms with E-state index >= 15 is 0 Å². The van der Waals surface area contributed by atoms with Gasteiger partial charge in [0.1, 0.15) is 0 Å². The molecule has 3 aliphatic rings. The Morgan fingerprint density at radius 3 is 2.32 bits per heavy atom. The van der Waals surface area contributed by atoms with Gasteiger partial charge in [0.25, 0.3) is 0 Å². The summed E-state index contributed by atoms with van der Waals surface area (Å²) in [7, 11) is -1.70. The van der Waals surface area contributed by atoms with Crippen molar-refractivity contribution in [2.45, 2.75) is 62.8 Å². The molecule has 34 heavy (non-hydrogen) atoms. The molecule has 1 unspecified atom stereocenters. The summed E-state index contributed by atoms with van der Waals surface area (Å²) in [6, 6.07) is 6.84. The molecule has 0 aromatic heterocycles. The van der Waals surface area contributed by atoms with Gasteiger partial charge in [0, 0.05) is 51.3 Å². The molecule has 188 valence electrons.